The molecule has 0 radical (unpaired) electrons. The summed E-state index contributed by atoms with van der Waals surface area (Å²) in [5.41, 5.74) is 2.69. The van der Waals surface area contributed by atoms with Crippen molar-refractivity contribution in [2.45, 2.75) is 38.3 Å². The van der Waals surface area contributed by atoms with Gasteiger partial charge < -0.3 is 9.80 Å². The molecule has 0 bridgehead atoms. The number of benzene rings is 2. The molecule has 0 spiro atoms. The largest absolute Gasteiger partial charge is 0.362 e. The molecular weight excluding hydrogens is 370 g/mol. The highest BCUT2D eigenvalue weighted by Crippen LogP contribution is 2.34. The molecule has 0 aromatic heterocycles. The molecule has 5 heteroatoms. The van der Waals surface area contributed by atoms with Crippen LogP contribution in [0.5, 0.6) is 0 Å². The van der Waals surface area contributed by atoms with E-state index in [1.165, 1.54) is 18.4 Å². The van der Waals surface area contributed by atoms with Crippen LogP contribution in [0, 0.1) is 17.2 Å². The molecule has 1 aliphatic heterocycles. The van der Waals surface area contributed by atoms with Gasteiger partial charge in [-0.15, -0.1) is 0 Å². The highest BCUT2D eigenvalue weighted by molar-refractivity contribution is 6.32. The number of anilines is 1. The first-order valence-electron chi connectivity index (χ1n) is 9.92. The number of rotatable bonds is 6. The Morgan fingerprint density at radius 2 is 1.96 bits per heavy atom. The molecular formula is C23H24ClN3O. The van der Waals surface area contributed by atoms with E-state index in [1.807, 2.05) is 35.2 Å². The van der Waals surface area contributed by atoms with Crippen LogP contribution in [0.4, 0.5) is 5.69 Å². The van der Waals surface area contributed by atoms with Crippen molar-refractivity contribution >= 4 is 23.2 Å². The molecule has 144 valence electrons. The van der Waals surface area contributed by atoms with Gasteiger partial charge in [0, 0.05) is 37.8 Å². The molecule has 1 atom stereocenters. The zero-order valence-corrected chi connectivity index (χ0v) is 16.6. The summed E-state index contributed by atoms with van der Waals surface area (Å²) >= 11 is 6.31. The van der Waals surface area contributed by atoms with Gasteiger partial charge in [0.1, 0.15) is 6.07 Å². The molecule has 1 amide bonds. The smallest absolute Gasteiger partial charge is 0.222 e. The van der Waals surface area contributed by atoms with E-state index in [0.29, 0.717) is 28.8 Å². The van der Waals surface area contributed by atoms with Gasteiger partial charge in [0.15, 0.2) is 0 Å². The lowest BCUT2D eigenvalue weighted by Crippen LogP contribution is -2.38. The van der Waals surface area contributed by atoms with Gasteiger partial charge >= 0.3 is 0 Å². The van der Waals surface area contributed by atoms with E-state index in [9.17, 15) is 10.1 Å². The lowest BCUT2D eigenvalue weighted by atomic mass is 10.1. The standard InChI is InChI=1S/C23H24ClN3O/c24-22-13-20(9-8-19(22)14-25)27(15-18-4-2-1-3-5-18)21-10-11-26(16-21)23(28)12-17-6-7-17/h1-5,8-9,13,17,21H,6-7,10-12,15-16H2/t21-/m0/s1. The van der Waals surface area contributed by atoms with Crippen LogP contribution >= 0.6 is 11.6 Å². The average Bonchev–Trinajstić information content (AvgIpc) is 3.39. The number of amides is 1. The Hall–Kier alpha value is -2.51. The second-order valence-electron chi connectivity index (χ2n) is 7.82. The summed E-state index contributed by atoms with van der Waals surface area (Å²) in [6.45, 7) is 2.31. The fraction of sp³-hybridized carbons (Fsp3) is 0.391. The summed E-state index contributed by atoms with van der Waals surface area (Å²) < 4.78 is 0. The molecule has 1 heterocycles. The maximum atomic E-state index is 12.5. The third-order valence-electron chi connectivity index (χ3n) is 5.72. The highest BCUT2D eigenvalue weighted by atomic mass is 35.5. The van der Waals surface area contributed by atoms with Crippen molar-refractivity contribution in [2.24, 2.45) is 5.92 Å². The third kappa shape index (κ3) is 4.31. The quantitative estimate of drug-likeness (QED) is 0.719. The highest BCUT2D eigenvalue weighted by Gasteiger charge is 2.33. The maximum absolute atomic E-state index is 12.5. The number of carbonyl (C=O) groups is 1. The van der Waals surface area contributed by atoms with Crippen molar-refractivity contribution in [1.29, 1.82) is 5.26 Å². The number of hydrogen-bond donors (Lipinski definition) is 0. The minimum atomic E-state index is 0.243. The van der Waals surface area contributed by atoms with Crippen molar-refractivity contribution in [3.8, 4) is 6.07 Å². The topological polar surface area (TPSA) is 47.3 Å². The van der Waals surface area contributed by atoms with Crippen LogP contribution < -0.4 is 4.90 Å². The van der Waals surface area contributed by atoms with E-state index >= 15 is 0 Å². The summed E-state index contributed by atoms with van der Waals surface area (Å²) in [6.07, 6.45) is 4.05. The van der Waals surface area contributed by atoms with Crippen LogP contribution in [0.25, 0.3) is 0 Å². The fourth-order valence-corrected chi connectivity index (χ4v) is 4.12. The van der Waals surface area contributed by atoms with E-state index in [0.717, 1.165) is 31.7 Å². The molecule has 1 saturated carbocycles. The fourth-order valence-electron chi connectivity index (χ4n) is 3.91. The van der Waals surface area contributed by atoms with Gasteiger partial charge in [-0.2, -0.15) is 5.26 Å². The second-order valence-corrected chi connectivity index (χ2v) is 8.23. The Morgan fingerprint density at radius 3 is 2.64 bits per heavy atom. The van der Waals surface area contributed by atoms with Crippen molar-refractivity contribution < 1.29 is 4.79 Å². The van der Waals surface area contributed by atoms with Crippen LogP contribution in [-0.4, -0.2) is 29.9 Å². The van der Waals surface area contributed by atoms with Crippen LogP contribution in [0.2, 0.25) is 5.02 Å². The van der Waals surface area contributed by atoms with Crippen LogP contribution in [0.1, 0.15) is 36.8 Å². The Balaban J connectivity index is 1.55. The predicted octanol–water partition coefficient (Wildman–Crippen LogP) is 4.62. The summed E-state index contributed by atoms with van der Waals surface area (Å²) in [4.78, 5) is 16.9. The number of halogens is 1. The van der Waals surface area contributed by atoms with Crippen molar-refractivity contribution in [3.63, 3.8) is 0 Å². The Labute approximate surface area is 171 Å². The Morgan fingerprint density at radius 1 is 1.18 bits per heavy atom. The number of hydrogen-bond acceptors (Lipinski definition) is 3. The second kappa shape index (κ2) is 8.24. The molecule has 1 saturated heterocycles. The first kappa shape index (κ1) is 18.8. The minimum Gasteiger partial charge on any atom is -0.362 e. The first-order valence-corrected chi connectivity index (χ1v) is 10.3. The van der Waals surface area contributed by atoms with Gasteiger partial charge in [-0.1, -0.05) is 41.9 Å². The molecule has 2 aliphatic rings. The predicted molar refractivity (Wildman–Crippen MR) is 111 cm³/mol. The summed E-state index contributed by atoms with van der Waals surface area (Å²) in [5.74, 6) is 0.909. The van der Waals surface area contributed by atoms with Gasteiger partial charge in [-0.3, -0.25) is 4.79 Å². The molecule has 28 heavy (non-hydrogen) atoms. The monoisotopic (exact) mass is 393 g/mol. The van der Waals surface area contributed by atoms with E-state index in [2.05, 4.69) is 23.1 Å². The molecule has 0 N–H and O–H groups in total. The number of nitrogens with zero attached hydrogens (tertiary/aromatic N) is 3. The first-order chi connectivity index (χ1) is 13.6. The molecule has 4 nitrogen and oxygen atoms in total. The van der Waals surface area contributed by atoms with Gasteiger partial charge in [0.2, 0.25) is 5.91 Å². The lowest BCUT2D eigenvalue weighted by Gasteiger charge is -2.32. The van der Waals surface area contributed by atoms with Crippen LogP contribution in [0.15, 0.2) is 48.5 Å². The number of likely N-dealkylation sites (tertiary alicyclic amines) is 1. The molecule has 4 rings (SSSR count). The number of carbonyl (C=O) groups excluding carboxylic acids is 1. The molecule has 1 aliphatic carbocycles. The SMILES string of the molecule is N#Cc1ccc(N(Cc2ccccc2)[C@H]2CCN(C(=O)CC3CC3)C2)cc1Cl. The Kier molecular flexibility index (Phi) is 5.54. The zero-order valence-electron chi connectivity index (χ0n) is 15.9. The summed E-state index contributed by atoms with van der Waals surface area (Å²) in [5, 5.41) is 9.65. The lowest BCUT2D eigenvalue weighted by molar-refractivity contribution is -0.130. The normalized spacial score (nSPS) is 18.7. The zero-order chi connectivity index (χ0) is 19.5. The van der Waals surface area contributed by atoms with Crippen molar-refractivity contribution in [3.05, 3.63) is 64.7 Å². The third-order valence-corrected chi connectivity index (χ3v) is 6.03. The summed E-state index contributed by atoms with van der Waals surface area (Å²) in [7, 11) is 0. The van der Waals surface area contributed by atoms with E-state index in [4.69, 9.17) is 11.6 Å². The minimum absolute atomic E-state index is 0.243. The van der Waals surface area contributed by atoms with E-state index < -0.39 is 0 Å². The van der Waals surface area contributed by atoms with Crippen LogP contribution in [-0.2, 0) is 11.3 Å². The number of nitriles is 1. The van der Waals surface area contributed by atoms with Gasteiger partial charge in [0.25, 0.3) is 0 Å². The van der Waals surface area contributed by atoms with Gasteiger partial charge in [0.05, 0.1) is 10.6 Å². The van der Waals surface area contributed by atoms with Gasteiger partial charge in [-0.05, 0) is 48.9 Å². The van der Waals surface area contributed by atoms with Crippen molar-refractivity contribution in [2.75, 3.05) is 18.0 Å². The summed E-state index contributed by atoms with van der Waals surface area (Å²) in [6, 6.07) is 18.3. The molecule has 2 fully saturated rings. The average molecular weight is 394 g/mol. The Bertz CT molecular complexity index is 888. The van der Waals surface area contributed by atoms with Crippen LogP contribution in [0.3, 0.4) is 0 Å². The molecule has 0 unspecified atom stereocenters. The van der Waals surface area contributed by atoms with Crippen molar-refractivity contribution in [1.82, 2.24) is 4.90 Å². The molecule has 2 aromatic carbocycles. The molecule has 2 aromatic rings. The van der Waals surface area contributed by atoms with Gasteiger partial charge in [-0.25, -0.2) is 0 Å². The van der Waals surface area contributed by atoms with E-state index in [1.54, 1.807) is 6.07 Å². The maximum Gasteiger partial charge on any atom is 0.222 e. The van der Waals surface area contributed by atoms with E-state index in [-0.39, 0.29) is 6.04 Å².